The summed E-state index contributed by atoms with van der Waals surface area (Å²) in [6, 6.07) is 4.51. The molecule has 0 aromatic heterocycles. The van der Waals surface area contributed by atoms with E-state index in [1.807, 2.05) is 0 Å². The molecule has 116 valence electrons. The van der Waals surface area contributed by atoms with Gasteiger partial charge in [0, 0.05) is 13.1 Å². The molecule has 1 aliphatic rings. The van der Waals surface area contributed by atoms with Crippen LogP contribution in [0.3, 0.4) is 0 Å². The van der Waals surface area contributed by atoms with Crippen molar-refractivity contribution in [3.05, 3.63) is 23.8 Å². The molecule has 4 nitrogen and oxygen atoms in total. The van der Waals surface area contributed by atoms with E-state index in [9.17, 15) is 18.0 Å². The molecule has 1 saturated heterocycles. The van der Waals surface area contributed by atoms with E-state index >= 15 is 0 Å². The Hall–Kier alpha value is -1.92. The number of carbonyl (C=O) groups is 1. The number of carbonyl (C=O) groups excluding carboxylic acids is 1. The van der Waals surface area contributed by atoms with Crippen LogP contribution < -0.4 is 10.6 Å². The largest absolute Gasteiger partial charge is 0.465 e. The Kier molecular flexibility index (Phi) is 4.29. The monoisotopic (exact) mass is 302 g/mol. The topological polar surface area (TPSA) is 55.6 Å². The number of anilines is 2. The summed E-state index contributed by atoms with van der Waals surface area (Å²) in [6.07, 6.45) is -3.60. The van der Waals surface area contributed by atoms with E-state index in [2.05, 4.69) is 4.74 Å². The molecule has 1 aromatic rings. The van der Waals surface area contributed by atoms with Gasteiger partial charge in [0.05, 0.1) is 30.0 Å². The Labute approximate surface area is 120 Å². The van der Waals surface area contributed by atoms with Crippen LogP contribution in [0.1, 0.15) is 23.2 Å². The molecule has 0 amide bonds. The van der Waals surface area contributed by atoms with Gasteiger partial charge in [-0.2, -0.15) is 13.2 Å². The molecule has 1 unspecified atom stereocenters. The predicted octanol–water partition coefficient (Wildman–Crippen LogP) is 2.83. The Bertz CT molecular complexity index is 531. The molecule has 0 saturated carbocycles. The zero-order valence-electron chi connectivity index (χ0n) is 11.6. The smallest absolute Gasteiger partial charge is 0.393 e. The van der Waals surface area contributed by atoms with Crippen LogP contribution in [-0.2, 0) is 4.74 Å². The number of esters is 1. The Morgan fingerprint density at radius 2 is 2.14 bits per heavy atom. The lowest BCUT2D eigenvalue weighted by Gasteiger charge is -2.35. The summed E-state index contributed by atoms with van der Waals surface area (Å²) in [7, 11) is 1.25. The van der Waals surface area contributed by atoms with E-state index < -0.39 is 18.1 Å². The van der Waals surface area contributed by atoms with Crippen LogP contribution in [0.25, 0.3) is 0 Å². The van der Waals surface area contributed by atoms with E-state index in [4.69, 9.17) is 5.73 Å². The minimum Gasteiger partial charge on any atom is -0.465 e. The molecular weight excluding hydrogens is 285 g/mol. The average Bonchev–Trinajstić information content (AvgIpc) is 2.45. The van der Waals surface area contributed by atoms with Crippen molar-refractivity contribution < 1.29 is 22.7 Å². The molecule has 0 radical (unpaired) electrons. The van der Waals surface area contributed by atoms with Crippen LogP contribution in [0.4, 0.5) is 24.5 Å². The number of piperidine rings is 1. The maximum absolute atomic E-state index is 12.8. The summed E-state index contributed by atoms with van der Waals surface area (Å²) < 4.78 is 43.1. The van der Waals surface area contributed by atoms with Crippen LogP contribution >= 0.6 is 0 Å². The third-order valence-corrected chi connectivity index (χ3v) is 3.67. The highest BCUT2D eigenvalue weighted by atomic mass is 19.4. The van der Waals surface area contributed by atoms with Gasteiger partial charge in [0.25, 0.3) is 0 Å². The summed E-state index contributed by atoms with van der Waals surface area (Å²) in [4.78, 5) is 13.0. The normalized spacial score (nSPS) is 19.4. The van der Waals surface area contributed by atoms with Crippen LogP contribution in [0.5, 0.6) is 0 Å². The number of halogens is 3. The molecule has 0 spiro atoms. The average molecular weight is 302 g/mol. The van der Waals surface area contributed by atoms with Crippen molar-refractivity contribution in [2.45, 2.75) is 19.0 Å². The van der Waals surface area contributed by atoms with E-state index in [-0.39, 0.29) is 24.2 Å². The highest BCUT2D eigenvalue weighted by molar-refractivity contribution is 5.92. The lowest BCUT2D eigenvalue weighted by Crippen LogP contribution is -2.42. The Morgan fingerprint density at radius 3 is 2.71 bits per heavy atom. The number of alkyl halides is 3. The molecular formula is C14H17F3N2O2. The van der Waals surface area contributed by atoms with Gasteiger partial charge in [-0.25, -0.2) is 4.79 Å². The first-order valence-corrected chi connectivity index (χ1v) is 6.62. The number of nitrogen functional groups attached to an aromatic ring is 1. The van der Waals surface area contributed by atoms with Gasteiger partial charge in [0.2, 0.25) is 0 Å². The van der Waals surface area contributed by atoms with Gasteiger partial charge < -0.3 is 15.4 Å². The maximum atomic E-state index is 12.8. The van der Waals surface area contributed by atoms with Gasteiger partial charge in [0.15, 0.2) is 0 Å². The SMILES string of the molecule is COC(=O)c1ccc(N2CCCC(C(F)(F)F)C2)c(N)c1. The van der Waals surface area contributed by atoms with Crippen LogP contribution in [0, 0.1) is 5.92 Å². The molecule has 21 heavy (non-hydrogen) atoms. The number of rotatable bonds is 2. The highest BCUT2D eigenvalue weighted by Crippen LogP contribution is 2.36. The van der Waals surface area contributed by atoms with Crippen molar-refractivity contribution in [3.8, 4) is 0 Å². The fourth-order valence-corrected chi connectivity index (χ4v) is 2.55. The summed E-state index contributed by atoms with van der Waals surface area (Å²) >= 11 is 0. The van der Waals surface area contributed by atoms with Gasteiger partial charge in [-0.3, -0.25) is 0 Å². The molecule has 0 aliphatic carbocycles. The zero-order chi connectivity index (χ0) is 15.6. The Morgan fingerprint density at radius 1 is 1.43 bits per heavy atom. The second kappa shape index (κ2) is 5.83. The predicted molar refractivity (Wildman–Crippen MR) is 73.2 cm³/mol. The number of methoxy groups -OCH3 is 1. The number of hydrogen-bond acceptors (Lipinski definition) is 4. The molecule has 1 aliphatic heterocycles. The highest BCUT2D eigenvalue weighted by Gasteiger charge is 2.42. The summed E-state index contributed by atoms with van der Waals surface area (Å²) in [6.45, 7) is 0.416. The van der Waals surface area contributed by atoms with Crippen molar-refractivity contribution in [2.75, 3.05) is 30.8 Å². The van der Waals surface area contributed by atoms with Crippen molar-refractivity contribution in [1.29, 1.82) is 0 Å². The number of hydrogen-bond donors (Lipinski definition) is 1. The zero-order valence-corrected chi connectivity index (χ0v) is 11.6. The van der Waals surface area contributed by atoms with Crippen LogP contribution in [0.15, 0.2) is 18.2 Å². The van der Waals surface area contributed by atoms with E-state index in [0.29, 0.717) is 18.7 Å². The summed E-state index contributed by atoms with van der Waals surface area (Å²) in [5.74, 6) is -1.87. The lowest BCUT2D eigenvalue weighted by molar-refractivity contribution is -0.175. The van der Waals surface area contributed by atoms with Crippen LogP contribution in [-0.4, -0.2) is 32.3 Å². The summed E-state index contributed by atoms with van der Waals surface area (Å²) in [5.41, 5.74) is 6.95. The lowest BCUT2D eigenvalue weighted by atomic mass is 9.96. The molecule has 1 aromatic carbocycles. The number of benzene rings is 1. The fourth-order valence-electron chi connectivity index (χ4n) is 2.55. The Balaban J connectivity index is 2.20. The molecule has 2 N–H and O–H groups in total. The fraction of sp³-hybridized carbons (Fsp3) is 0.500. The maximum Gasteiger partial charge on any atom is 0.393 e. The molecule has 1 heterocycles. The molecule has 1 atom stereocenters. The number of ether oxygens (including phenoxy) is 1. The van der Waals surface area contributed by atoms with Gasteiger partial charge in [-0.15, -0.1) is 0 Å². The first-order chi connectivity index (χ1) is 9.82. The molecule has 0 bridgehead atoms. The van der Waals surface area contributed by atoms with Crippen molar-refractivity contribution in [3.63, 3.8) is 0 Å². The second-order valence-electron chi connectivity index (χ2n) is 5.09. The van der Waals surface area contributed by atoms with Gasteiger partial charge in [0.1, 0.15) is 0 Å². The first-order valence-electron chi connectivity index (χ1n) is 6.62. The van der Waals surface area contributed by atoms with Crippen molar-refractivity contribution >= 4 is 17.3 Å². The van der Waals surface area contributed by atoms with Crippen molar-refractivity contribution in [1.82, 2.24) is 0 Å². The minimum atomic E-state index is -4.20. The standard InChI is InChI=1S/C14H17F3N2O2/c1-21-13(20)9-4-5-12(11(18)7-9)19-6-2-3-10(8-19)14(15,16)17/h4-5,7,10H,2-3,6,8,18H2,1H3. The first kappa shape index (κ1) is 15.5. The van der Waals surface area contributed by atoms with Crippen LogP contribution in [0.2, 0.25) is 0 Å². The quantitative estimate of drug-likeness (QED) is 0.674. The van der Waals surface area contributed by atoms with E-state index in [0.717, 1.165) is 0 Å². The van der Waals surface area contributed by atoms with E-state index in [1.54, 1.807) is 11.0 Å². The molecule has 7 heteroatoms. The van der Waals surface area contributed by atoms with Gasteiger partial charge >= 0.3 is 12.1 Å². The second-order valence-corrected chi connectivity index (χ2v) is 5.09. The van der Waals surface area contributed by atoms with Gasteiger partial charge in [-0.05, 0) is 31.0 Å². The minimum absolute atomic E-state index is 0.106. The number of nitrogens with two attached hydrogens (primary N) is 1. The molecule has 2 rings (SSSR count). The van der Waals surface area contributed by atoms with Crippen molar-refractivity contribution in [2.24, 2.45) is 5.92 Å². The summed E-state index contributed by atoms with van der Waals surface area (Å²) in [5, 5.41) is 0. The van der Waals surface area contributed by atoms with Gasteiger partial charge in [-0.1, -0.05) is 0 Å². The third kappa shape index (κ3) is 3.40. The third-order valence-electron chi connectivity index (χ3n) is 3.67. The number of nitrogens with zero attached hydrogens (tertiary/aromatic N) is 1. The molecule has 1 fully saturated rings. The van der Waals surface area contributed by atoms with E-state index in [1.165, 1.54) is 19.2 Å².